The first-order chi connectivity index (χ1) is 8.96. The molecular formula is C12H16BrFN2O2S. The molecule has 0 saturated carbocycles. The summed E-state index contributed by atoms with van der Waals surface area (Å²) in [5, 5.41) is 3.04. The summed E-state index contributed by atoms with van der Waals surface area (Å²) in [4.78, 5) is -0.257. The zero-order valence-electron chi connectivity index (χ0n) is 10.6. The predicted molar refractivity (Wildman–Crippen MR) is 74.9 cm³/mol. The van der Waals surface area contributed by atoms with Gasteiger partial charge in [-0.15, -0.1) is 0 Å². The fraction of sp³-hybridized carbons (Fsp3) is 0.500. The van der Waals surface area contributed by atoms with E-state index < -0.39 is 15.8 Å². The Labute approximate surface area is 121 Å². The summed E-state index contributed by atoms with van der Waals surface area (Å²) >= 11 is 3.02. The van der Waals surface area contributed by atoms with Crippen LogP contribution in [-0.4, -0.2) is 39.4 Å². The van der Waals surface area contributed by atoms with Crippen molar-refractivity contribution in [2.24, 2.45) is 5.92 Å². The van der Waals surface area contributed by atoms with Crippen molar-refractivity contribution >= 4 is 26.0 Å². The van der Waals surface area contributed by atoms with Gasteiger partial charge in [-0.1, -0.05) is 6.07 Å². The molecule has 1 N–H and O–H groups in total. The normalized spacial score (nSPS) is 20.9. The van der Waals surface area contributed by atoms with Crippen molar-refractivity contribution in [3.8, 4) is 0 Å². The molecule has 1 heterocycles. The molecular weight excluding hydrogens is 335 g/mol. The molecule has 1 fully saturated rings. The molecule has 1 saturated heterocycles. The fourth-order valence-corrected chi connectivity index (χ4v) is 4.41. The molecule has 2 rings (SSSR count). The molecule has 4 nitrogen and oxygen atoms in total. The van der Waals surface area contributed by atoms with Crippen molar-refractivity contribution in [1.29, 1.82) is 0 Å². The average Bonchev–Trinajstić information content (AvgIpc) is 2.82. The van der Waals surface area contributed by atoms with Crippen LogP contribution in [0.4, 0.5) is 4.39 Å². The van der Waals surface area contributed by atoms with Crippen LogP contribution in [0, 0.1) is 11.7 Å². The zero-order valence-corrected chi connectivity index (χ0v) is 13.0. The van der Waals surface area contributed by atoms with E-state index in [1.54, 1.807) is 0 Å². The highest BCUT2D eigenvalue weighted by atomic mass is 79.9. The average molecular weight is 351 g/mol. The number of nitrogens with zero attached hydrogens (tertiary/aromatic N) is 1. The Bertz CT molecular complexity index is 565. The summed E-state index contributed by atoms with van der Waals surface area (Å²) in [6.07, 6.45) is 0.801. The van der Waals surface area contributed by atoms with Crippen molar-refractivity contribution < 1.29 is 12.8 Å². The van der Waals surface area contributed by atoms with E-state index in [1.165, 1.54) is 22.5 Å². The van der Waals surface area contributed by atoms with Crippen molar-refractivity contribution in [2.45, 2.75) is 11.3 Å². The molecule has 0 aromatic heterocycles. The van der Waals surface area contributed by atoms with Gasteiger partial charge in [-0.05, 0) is 54.0 Å². The highest BCUT2D eigenvalue weighted by molar-refractivity contribution is 9.10. The Hall–Kier alpha value is -0.500. The molecule has 1 aliphatic rings. The minimum absolute atomic E-state index is 0.166. The molecule has 1 aromatic rings. The summed E-state index contributed by atoms with van der Waals surface area (Å²) in [7, 11) is -1.90. The van der Waals surface area contributed by atoms with Crippen LogP contribution in [0.15, 0.2) is 27.6 Å². The van der Waals surface area contributed by atoms with Crippen molar-refractivity contribution in [2.75, 3.05) is 26.7 Å². The Morgan fingerprint density at radius 3 is 2.95 bits per heavy atom. The molecule has 0 aliphatic carbocycles. The van der Waals surface area contributed by atoms with Crippen LogP contribution in [0.3, 0.4) is 0 Å². The maximum atomic E-state index is 13.9. The van der Waals surface area contributed by atoms with E-state index in [4.69, 9.17) is 0 Å². The van der Waals surface area contributed by atoms with Gasteiger partial charge in [-0.2, -0.15) is 4.31 Å². The van der Waals surface area contributed by atoms with E-state index in [0.29, 0.717) is 13.1 Å². The largest absolute Gasteiger partial charge is 0.319 e. The molecule has 1 unspecified atom stereocenters. The van der Waals surface area contributed by atoms with Gasteiger partial charge in [-0.25, -0.2) is 12.8 Å². The van der Waals surface area contributed by atoms with Crippen LogP contribution in [0.1, 0.15) is 6.42 Å². The predicted octanol–water partition coefficient (Wildman–Crippen LogP) is 1.82. The van der Waals surface area contributed by atoms with Crippen LogP contribution in [0.25, 0.3) is 0 Å². The van der Waals surface area contributed by atoms with E-state index in [-0.39, 0.29) is 15.3 Å². The van der Waals surface area contributed by atoms with Crippen LogP contribution in [0.2, 0.25) is 0 Å². The Morgan fingerprint density at radius 1 is 1.53 bits per heavy atom. The number of halogens is 2. The summed E-state index contributed by atoms with van der Waals surface area (Å²) in [5.74, 6) is -0.436. The van der Waals surface area contributed by atoms with Gasteiger partial charge < -0.3 is 5.32 Å². The van der Waals surface area contributed by atoms with Gasteiger partial charge >= 0.3 is 0 Å². The second-order valence-electron chi connectivity index (χ2n) is 4.63. The number of rotatable bonds is 4. The third kappa shape index (κ3) is 2.99. The smallest absolute Gasteiger partial charge is 0.246 e. The van der Waals surface area contributed by atoms with E-state index in [9.17, 15) is 12.8 Å². The molecule has 1 atom stereocenters. The quantitative estimate of drug-likeness (QED) is 0.900. The van der Waals surface area contributed by atoms with Crippen LogP contribution in [-0.2, 0) is 10.0 Å². The van der Waals surface area contributed by atoms with Gasteiger partial charge in [0.05, 0.1) is 4.47 Å². The number of sulfonamides is 1. The number of hydrogen-bond donors (Lipinski definition) is 1. The molecule has 0 bridgehead atoms. The molecule has 7 heteroatoms. The first kappa shape index (κ1) is 14.9. The third-order valence-corrected chi connectivity index (χ3v) is 5.77. The second-order valence-corrected chi connectivity index (χ2v) is 7.39. The van der Waals surface area contributed by atoms with E-state index >= 15 is 0 Å². The summed E-state index contributed by atoms with van der Waals surface area (Å²) < 4.78 is 40.3. The first-order valence-corrected chi connectivity index (χ1v) is 8.29. The molecule has 0 amide bonds. The van der Waals surface area contributed by atoms with Gasteiger partial charge in [0.15, 0.2) is 5.82 Å². The Balaban J connectivity index is 2.26. The highest BCUT2D eigenvalue weighted by Crippen LogP contribution is 2.28. The summed E-state index contributed by atoms with van der Waals surface area (Å²) in [5.41, 5.74) is 0. The lowest BCUT2D eigenvalue weighted by atomic mass is 10.1. The van der Waals surface area contributed by atoms with E-state index in [2.05, 4.69) is 21.2 Å². The Morgan fingerprint density at radius 2 is 2.26 bits per heavy atom. The van der Waals surface area contributed by atoms with Gasteiger partial charge in [0.25, 0.3) is 0 Å². The molecule has 1 aromatic carbocycles. The molecule has 0 radical (unpaired) electrons. The van der Waals surface area contributed by atoms with Gasteiger partial charge in [0.2, 0.25) is 10.0 Å². The number of benzene rings is 1. The van der Waals surface area contributed by atoms with Gasteiger partial charge in [-0.3, -0.25) is 0 Å². The monoisotopic (exact) mass is 350 g/mol. The minimum atomic E-state index is -3.74. The van der Waals surface area contributed by atoms with Crippen LogP contribution >= 0.6 is 15.9 Å². The second kappa shape index (κ2) is 5.87. The molecule has 106 valence electrons. The summed E-state index contributed by atoms with van der Waals surface area (Å²) in [6, 6.07) is 4.32. The molecule has 0 spiro atoms. The molecule has 19 heavy (non-hydrogen) atoms. The van der Waals surface area contributed by atoms with E-state index in [1.807, 2.05) is 7.05 Å². The summed E-state index contributed by atoms with van der Waals surface area (Å²) in [6.45, 7) is 1.66. The lowest BCUT2D eigenvalue weighted by Crippen LogP contribution is -2.31. The SMILES string of the molecule is CNCC1CCN(S(=O)(=O)c2cccc(Br)c2F)C1. The topological polar surface area (TPSA) is 49.4 Å². The fourth-order valence-electron chi connectivity index (χ4n) is 2.29. The van der Waals surface area contributed by atoms with Gasteiger partial charge in [0.1, 0.15) is 4.90 Å². The standard InChI is InChI=1S/C12H16BrFN2O2S/c1-15-7-9-5-6-16(8-9)19(17,18)11-4-2-3-10(13)12(11)14/h2-4,9,15H,5-8H2,1H3. The number of nitrogens with one attached hydrogen (secondary N) is 1. The van der Waals surface area contributed by atoms with Crippen molar-refractivity contribution in [1.82, 2.24) is 9.62 Å². The lowest BCUT2D eigenvalue weighted by molar-refractivity contribution is 0.446. The number of hydrogen-bond acceptors (Lipinski definition) is 3. The van der Waals surface area contributed by atoms with E-state index in [0.717, 1.165) is 13.0 Å². The first-order valence-electron chi connectivity index (χ1n) is 6.05. The molecule has 1 aliphatic heterocycles. The van der Waals surface area contributed by atoms with Gasteiger partial charge in [0, 0.05) is 13.1 Å². The Kier molecular flexibility index (Phi) is 4.60. The zero-order chi connectivity index (χ0) is 14.0. The van der Waals surface area contributed by atoms with Crippen LogP contribution in [0.5, 0.6) is 0 Å². The van der Waals surface area contributed by atoms with Crippen molar-refractivity contribution in [3.05, 3.63) is 28.5 Å². The minimum Gasteiger partial charge on any atom is -0.319 e. The van der Waals surface area contributed by atoms with Crippen LogP contribution < -0.4 is 5.32 Å². The maximum absolute atomic E-state index is 13.9. The third-order valence-electron chi connectivity index (χ3n) is 3.28. The maximum Gasteiger partial charge on any atom is 0.246 e. The van der Waals surface area contributed by atoms with Crippen molar-refractivity contribution in [3.63, 3.8) is 0 Å². The highest BCUT2D eigenvalue weighted by Gasteiger charge is 2.34. The lowest BCUT2D eigenvalue weighted by Gasteiger charge is -2.17.